The monoisotopic (exact) mass is 309 g/mol. The number of nitrogens with two attached hydrogens (primary N) is 1. The molecule has 2 rings (SSSR count). The van der Waals surface area contributed by atoms with Gasteiger partial charge in [0.25, 0.3) is 0 Å². The molecule has 0 fully saturated rings. The Hall–Kier alpha value is -1.56. The zero-order chi connectivity index (χ0) is 13.3. The van der Waals surface area contributed by atoms with Crippen LogP contribution in [0.25, 0.3) is 0 Å². The van der Waals surface area contributed by atoms with Crippen LogP contribution in [-0.2, 0) is 13.6 Å². The maximum atomic E-state index is 5.92. The fourth-order valence-corrected chi connectivity index (χ4v) is 2.37. The smallest absolute Gasteiger partial charge is 0.0739 e. The van der Waals surface area contributed by atoms with Crippen LogP contribution in [0.3, 0.4) is 0 Å². The van der Waals surface area contributed by atoms with E-state index in [4.69, 9.17) is 5.73 Å². The lowest BCUT2D eigenvalue weighted by molar-refractivity contribution is 0.693. The molecule has 0 aliphatic heterocycles. The van der Waals surface area contributed by atoms with Crippen molar-refractivity contribution in [1.82, 2.24) is 14.8 Å². The second kappa shape index (κ2) is 4.97. The summed E-state index contributed by atoms with van der Waals surface area (Å²) in [4.78, 5) is 6.08. The standard InChI is InChI=1S/C12H16BrN5/c1-8-12(13)11(18(3)16-8)7-17(2)10-4-5-15-6-9(10)14/h4-6H,7,14H2,1-3H3. The van der Waals surface area contributed by atoms with Crippen molar-refractivity contribution in [3.63, 3.8) is 0 Å². The van der Waals surface area contributed by atoms with E-state index in [-0.39, 0.29) is 0 Å². The summed E-state index contributed by atoms with van der Waals surface area (Å²) in [7, 11) is 3.94. The summed E-state index contributed by atoms with van der Waals surface area (Å²) < 4.78 is 2.93. The van der Waals surface area contributed by atoms with Crippen molar-refractivity contribution in [2.24, 2.45) is 7.05 Å². The molecule has 0 radical (unpaired) electrons. The topological polar surface area (TPSA) is 60.0 Å². The Kier molecular flexibility index (Phi) is 3.56. The SMILES string of the molecule is Cc1nn(C)c(CN(C)c2ccncc2N)c1Br. The Bertz CT molecular complexity index is 564. The highest BCUT2D eigenvalue weighted by Gasteiger charge is 2.14. The molecule has 0 aliphatic rings. The summed E-state index contributed by atoms with van der Waals surface area (Å²) in [6.07, 6.45) is 3.40. The van der Waals surface area contributed by atoms with Crippen LogP contribution in [0, 0.1) is 6.92 Å². The van der Waals surface area contributed by atoms with Crippen molar-refractivity contribution in [2.45, 2.75) is 13.5 Å². The molecule has 0 bridgehead atoms. The van der Waals surface area contributed by atoms with Gasteiger partial charge < -0.3 is 10.6 Å². The molecule has 0 saturated carbocycles. The molecule has 6 heteroatoms. The number of hydrogen-bond acceptors (Lipinski definition) is 4. The first-order chi connectivity index (χ1) is 8.50. The van der Waals surface area contributed by atoms with E-state index in [1.807, 2.05) is 31.8 Å². The number of pyridine rings is 1. The molecule has 0 aliphatic carbocycles. The van der Waals surface area contributed by atoms with Gasteiger partial charge in [0.05, 0.1) is 40.0 Å². The molecular formula is C12H16BrN5. The van der Waals surface area contributed by atoms with Crippen LogP contribution < -0.4 is 10.6 Å². The van der Waals surface area contributed by atoms with Crippen LogP contribution in [0.4, 0.5) is 11.4 Å². The average molecular weight is 310 g/mol. The third-order valence-electron chi connectivity index (χ3n) is 2.89. The van der Waals surface area contributed by atoms with Gasteiger partial charge in [0.2, 0.25) is 0 Å². The number of aromatic nitrogens is 3. The highest BCUT2D eigenvalue weighted by molar-refractivity contribution is 9.10. The molecule has 2 heterocycles. The molecule has 5 nitrogen and oxygen atoms in total. The van der Waals surface area contributed by atoms with Gasteiger partial charge in [0.15, 0.2) is 0 Å². The third-order valence-corrected chi connectivity index (χ3v) is 3.92. The van der Waals surface area contributed by atoms with Gasteiger partial charge in [0.1, 0.15) is 0 Å². The van der Waals surface area contributed by atoms with E-state index >= 15 is 0 Å². The van der Waals surface area contributed by atoms with E-state index in [1.54, 1.807) is 12.4 Å². The van der Waals surface area contributed by atoms with Crippen molar-refractivity contribution in [3.8, 4) is 0 Å². The van der Waals surface area contributed by atoms with Gasteiger partial charge in [-0.1, -0.05) is 0 Å². The largest absolute Gasteiger partial charge is 0.396 e. The molecule has 0 unspecified atom stereocenters. The first-order valence-corrected chi connectivity index (χ1v) is 6.38. The lowest BCUT2D eigenvalue weighted by atomic mass is 10.3. The number of nitrogen functional groups attached to an aromatic ring is 1. The zero-order valence-corrected chi connectivity index (χ0v) is 12.3. The van der Waals surface area contributed by atoms with E-state index in [0.717, 1.165) is 28.1 Å². The molecule has 2 N–H and O–H groups in total. The summed E-state index contributed by atoms with van der Waals surface area (Å²) in [6, 6.07) is 1.91. The maximum Gasteiger partial charge on any atom is 0.0739 e. The summed E-state index contributed by atoms with van der Waals surface area (Å²) in [6.45, 7) is 2.71. The maximum absolute atomic E-state index is 5.92. The zero-order valence-electron chi connectivity index (χ0n) is 10.7. The van der Waals surface area contributed by atoms with E-state index < -0.39 is 0 Å². The van der Waals surface area contributed by atoms with Gasteiger partial charge >= 0.3 is 0 Å². The number of hydrogen-bond donors (Lipinski definition) is 1. The van der Waals surface area contributed by atoms with Crippen LogP contribution >= 0.6 is 15.9 Å². The molecule has 0 aromatic carbocycles. The molecule has 0 saturated heterocycles. The van der Waals surface area contributed by atoms with Crippen LogP contribution in [0.15, 0.2) is 22.9 Å². The second-order valence-electron chi connectivity index (χ2n) is 4.26. The Morgan fingerprint density at radius 3 is 2.78 bits per heavy atom. The van der Waals surface area contributed by atoms with Crippen LogP contribution in [-0.4, -0.2) is 21.8 Å². The molecular weight excluding hydrogens is 294 g/mol. The van der Waals surface area contributed by atoms with Crippen LogP contribution in [0.1, 0.15) is 11.4 Å². The minimum atomic E-state index is 0.676. The molecule has 96 valence electrons. The predicted octanol–water partition coefficient (Wildman–Crippen LogP) is 2.10. The van der Waals surface area contributed by atoms with Crippen LogP contribution in [0.2, 0.25) is 0 Å². The second-order valence-corrected chi connectivity index (χ2v) is 5.05. The van der Waals surface area contributed by atoms with Crippen molar-refractivity contribution >= 4 is 27.3 Å². The molecule has 18 heavy (non-hydrogen) atoms. The third kappa shape index (κ3) is 2.33. The number of rotatable bonds is 3. The van der Waals surface area contributed by atoms with E-state index in [1.165, 1.54) is 0 Å². The van der Waals surface area contributed by atoms with E-state index in [2.05, 4.69) is 30.9 Å². The van der Waals surface area contributed by atoms with Gasteiger partial charge in [-0.3, -0.25) is 9.67 Å². The predicted molar refractivity (Wildman–Crippen MR) is 76.4 cm³/mol. The van der Waals surface area contributed by atoms with Gasteiger partial charge in [0, 0.05) is 20.3 Å². The van der Waals surface area contributed by atoms with Gasteiger partial charge in [-0.2, -0.15) is 5.10 Å². The normalized spacial score (nSPS) is 10.7. The highest BCUT2D eigenvalue weighted by Crippen LogP contribution is 2.25. The van der Waals surface area contributed by atoms with Gasteiger partial charge in [-0.05, 0) is 28.9 Å². The van der Waals surface area contributed by atoms with Crippen molar-refractivity contribution < 1.29 is 0 Å². The Morgan fingerprint density at radius 2 is 2.22 bits per heavy atom. The van der Waals surface area contributed by atoms with Crippen molar-refractivity contribution in [1.29, 1.82) is 0 Å². The first-order valence-electron chi connectivity index (χ1n) is 5.59. The van der Waals surface area contributed by atoms with E-state index in [9.17, 15) is 0 Å². The Labute approximate surface area is 115 Å². The van der Waals surface area contributed by atoms with Crippen molar-refractivity contribution in [2.75, 3.05) is 17.7 Å². The van der Waals surface area contributed by atoms with E-state index in [0.29, 0.717) is 5.69 Å². The minimum Gasteiger partial charge on any atom is -0.396 e. The fourth-order valence-electron chi connectivity index (χ4n) is 1.91. The summed E-state index contributed by atoms with van der Waals surface area (Å²) in [5, 5.41) is 4.38. The Morgan fingerprint density at radius 1 is 1.50 bits per heavy atom. The Balaban J connectivity index is 2.27. The molecule has 0 atom stereocenters. The molecule has 2 aromatic heterocycles. The minimum absolute atomic E-state index is 0.676. The number of anilines is 2. The summed E-state index contributed by atoms with van der Waals surface area (Å²) in [5.74, 6) is 0. The lowest BCUT2D eigenvalue weighted by Crippen LogP contribution is -2.20. The number of halogens is 1. The van der Waals surface area contributed by atoms with Gasteiger partial charge in [-0.25, -0.2) is 0 Å². The fraction of sp³-hybridized carbons (Fsp3) is 0.333. The number of nitrogens with zero attached hydrogens (tertiary/aromatic N) is 4. The van der Waals surface area contributed by atoms with Gasteiger partial charge in [-0.15, -0.1) is 0 Å². The summed E-state index contributed by atoms with van der Waals surface area (Å²) >= 11 is 3.57. The van der Waals surface area contributed by atoms with Crippen LogP contribution in [0.5, 0.6) is 0 Å². The first kappa shape index (κ1) is 12.9. The van der Waals surface area contributed by atoms with Crippen molar-refractivity contribution in [3.05, 3.63) is 34.3 Å². The molecule has 0 spiro atoms. The molecule has 0 amide bonds. The quantitative estimate of drug-likeness (QED) is 0.943. The average Bonchev–Trinajstić information content (AvgIpc) is 2.56. The molecule has 2 aromatic rings. The lowest BCUT2D eigenvalue weighted by Gasteiger charge is -2.21. The summed E-state index contributed by atoms with van der Waals surface area (Å²) in [5.41, 5.74) is 9.67. The highest BCUT2D eigenvalue weighted by atomic mass is 79.9. The number of aryl methyl sites for hydroxylation is 2.